The van der Waals surface area contributed by atoms with Gasteiger partial charge >= 0.3 is 0 Å². The number of fused-ring (bicyclic) bond motifs is 1. The predicted molar refractivity (Wildman–Crippen MR) is 89.6 cm³/mol. The molecule has 21 heavy (non-hydrogen) atoms. The summed E-state index contributed by atoms with van der Waals surface area (Å²) in [4.78, 5) is 12.2. The summed E-state index contributed by atoms with van der Waals surface area (Å²) in [5.74, 6) is -0.100. The fraction of sp³-hybridized carbons (Fsp3) is 0.588. The first-order chi connectivity index (χ1) is 9.33. The van der Waals surface area contributed by atoms with Gasteiger partial charge in [0.25, 0.3) is 0 Å². The lowest BCUT2D eigenvalue weighted by Crippen LogP contribution is -2.42. The van der Waals surface area contributed by atoms with Gasteiger partial charge in [-0.1, -0.05) is 45.0 Å². The van der Waals surface area contributed by atoms with Gasteiger partial charge in [-0.05, 0) is 36.3 Å². The lowest BCUT2D eigenvalue weighted by molar-refractivity contribution is -0.125. The van der Waals surface area contributed by atoms with E-state index in [-0.39, 0.29) is 41.7 Å². The molecule has 0 spiro atoms. The van der Waals surface area contributed by atoms with Crippen molar-refractivity contribution in [3.63, 3.8) is 0 Å². The number of halogens is 1. The number of carbonyl (C=O) groups is 1. The maximum atomic E-state index is 12.2. The van der Waals surface area contributed by atoms with Crippen LogP contribution in [0, 0.1) is 5.92 Å². The van der Waals surface area contributed by atoms with Gasteiger partial charge in [-0.15, -0.1) is 12.4 Å². The highest BCUT2D eigenvalue weighted by Crippen LogP contribution is 2.41. The standard InChI is InChI=1S/C17H26N2O.ClH/c1-11(12(2)18)16(20)19-15-9-10-17(3,4)14-8-6-5-7-13(14)15;/h5-8,11-12,15H,9-10,18H2,1-4H3,(H,19,20);1H. The van der Waals surface area contributed by atoms with Crippen LogP contribution in [0.2, 0.25) is 0 Å². The van der Waals surface area contributed by atoms with Crippen molar-refractivity contribution in [3.8, 4) is 0 Å². The van der Waals surface area contributed by atoms with Crippen LogP contribution in [0.15, 0.2) is 24.3 Å². The number of carbonyl (C=O) groups excluding carboxylic acids is 1. The van der Waals surface area contributed by atoms with Gasteiger partial charge in [0.05, 0.1) is 6.04 Å². The lowest BCUT2D eigenvalue weighted by Gasteiger charge is -2.37. The highest BCUT2D eigenvalue weighted by atomic mass is 35.5. The first kappa shape index (κ1) is 18.0. The zero-order valence-corrected chi connectivity index (χ0v) is 14.2. The minimum absolute atomic E-state index is 0. The molecule has 1 aromatic rings. The number of amides is 1. The Kier molecular flexibility index (Phi) is 5.83. The number of hydrogen-bond donors (Lipinski definition) is 2. The van der Waals surface area contributed by atoms with Crippen LogP contribution in [-0.4, -0.2) is 11.9 Å². The summed E-state index contributed by atoms with van der Waals surface area (Å²) in [6, 6.07) is 8.45. The van der Waals surface area contributed by atoms with E-state index in [9.17, 15) is 4.79 Å². The molecule has 2 rings (SSSR count). The van der Waals surface area contributed by atoms with E-state index in [1.54, 1.807) is 0 Å². The van der Waals surface area contributed by atoms with E-state index >= 15 is 0 Å². The largest absolute Gasteiger partial charge is 0.349 e. The number of nitrogens with two attached hydrogens (primary N) is 1. The van der Waals surface area contributed by atoms with Crippen LogP contribution < -0.4 is 11.1 Å². The zero-order chi connectivity index (χ0) is 14.9. The molecule has 0 saturated heterocycles. The molecule has 0 fully saturated rings. The van der Waals surface area contributed by atoms with Crippen LogP contribution in [0.25, 0.3) is 0 Å². The average molecular weight is 311 g/mol. The normalized spacial score (nSPS) is 22.4. The maximum Gasteiger partial charge on any atom is 0.224 e. The number of benzene rings is 1. The van der Waals surface area contributed by atoms with Crippen LogP contribution in [0.4, 0.5) is 0 Å². The molecule has 0 saturated carbocycles. The van der Waals surface area contributed by atoms with E-state index in [2.05, 4.69) is 37.4 Å². The summed E-state index contributed by atoms with van der Waals surface area (Å²) in [7, 11) is 0. The third kappa shape index (κ3) is 3.78. The highest BCUT2D eigenvalue weighted by Gasteiger charge is 2.33. The second-order valence-corrected chi connectivity index (χ2v) is 6.72. The quantitative estimate of drug-likeness (QED) is 0.900. The lowest BCUT2D eigenvalue weighted by atomic mass is 9.71. The van der Waals surface area contributed by atoms with Crippen LogP contribution in [-0.2, 0) is 10.2 Å². The third-order valence-corrected chi connectivity index (χ3v) is 4.64. The van der Waals surface area contributed by atoms with Gasteiger partial charge in [0, 0.05) is 12.0 Å². The van der Waals surface area contributed by atoms with E-state index in [0.717, 1.165) is 12.8 Å². The topological polar surface area (TPSA) is 55.1 Å². The molecular formula is C17H27ClN2O. The van der Waals surface area contributed by atoms with Crippen molar-refractivity contribution in [2.24, 2.45) is 11.7 Å². The van der Waals surface area contributed by atoms with Crippen LogP contribution in [0.3, 0.4) is 0 Å². The van der Waals surface area contributed by atoms with E-state index in [1.807, 2.05) is 19.9 Å². The summed E-state index contributed by atoms with van der Waals surface area (Å²) in [6.45, 7) is 8.31. The fourth-order valence-electron chi connectivity index (χ4n) is 2.90. The molecule has 3 unspecified atom stereocenters. The highest BCUT2D eigenvalue weighted by molar-refractivity contribution is 5.85. The van der Waals surface area contributed by atoms with Crippen molar-refractivity contribution in [3.05, 3.63) is 35.4 Å². The fourth-order valence-corrected chi connectivity index (χ4v) is 2.90. The van der Waals surface area contributed by atoms with Crippen LogP contribution in [0.5, 0.6) is 0 Å². The van der Waals surface area contributed by atoms with Crippen molar-refractivity contribution in [2.75, 3.05) is 0 Å². The second kappa shape index (κ2) is 6.80. The summed E-state index contributed by atoms with van der Waals surface area (Å²) in [6.07, 6.45) is 2.07. The monoisotopic (exact) mass is 310 g/mol. The van der Waals surface area contributed by atoms with Gasteiger partial charge in [0.2, 0.25) is 5.91 Å². The molecule has 3 atom stereocenters. The third-order valence-electron chi connectivity index (χ3n) is 4.64. The summed E-state index contributed by atoms with van der Waals surface area (Å²) in [5, 5.41) is 3.18. The number of hydrogen-bond acceptors (Lipinski definition) is 2. The Hall–Kier alpha value is -1.06. The van der Waals surface area contributed by atoms with Gasteiger partial charge in [-0.25, -0.2) is 0 Å². The maximum absolute atomic E-state index is 12.2. The minimum Gasteiger partial charge on any atom is -0.349 e. The van der Waals surface area contributed by atoms with Crippen molar-refractivity contribution in [1.29, 1.82) is 0 Å². The molecule has 0 bridgehead atoms. The molecule has 1 aliphatic rings. The SMILES string of the molecule is CC(N)C(C)C(=O)NC1CCC(C)(C)c2ccccc21.Cl. The van der Waals surface area contributed by atoms with E-state index < -0.39 is 0 Å². The molecule has 0 radical (unpaired) electrons. The van der Waals surface area contributed by atoms with E-state index in [1.165, 1.54) is 11.1 Å². The smallest absolute Gasteiger partial charge is 0.224 e. The number of nitrogens with one attached hydrogen (secondary N) is 1. The molecule has 4 heteroatoms. The van der Waals surface area contributed by atoms with Crippen LogP contribution >= 0.6 is 12.4 Å². The Labute approximate surface area is 134 Å². The Morgan fingerprint density at radius 3 is 2.57 bits per heavy atom. The van der Waals surface area contributed by atoms with Crippen LogP contribution in [0.1, 0.15) is 57.7 Å². The summed E-state index contributed by atoms with van der Waals surface area (Å²) >= 11 is 0. The van der Waals surface area contributed by atoms with Gasteiger partial charge in [-0.3, -0.25) is 4.79 Å². The Morgan fingerprint density at radius 1 is 1.33 bits per heavy atom. The van der Waals surface area contributed by atoms with Crippen molar-refractivity contribution < 1.29 is 4.79 Å². The molecule has 0 aliphatic heterocycles. The molecule has 3 nitrogen and oxygen atoms in total. The van der Waals surface area contributed by atoms with E-state index in [4.69, 9.17) is 5.73 Å². The van der Waals surface area contributed by atoms with Gasteiger partial charge in [-0.2, -0.15) is 0 Å². The predicted octanol–water partition coefficient (Wildman–Crippen LogP) is 3.32. The van der Waals surface area contributed by atoms with E-state index in [0.29, 0.717) is 0 Å². The van der Waals surface area contributed by atoms with Crippen molar-refractivity contribution in [2.45, 2.75) is 58.0 Å². The summed E-state index contributed by atoms with van der Waals surface area (Å²) in [5.41, 5.74) is 8.61. The molecule has 1 aliphatic carbocycles. The Bertz CT molecular complexity index is 499. The zero-order valence-electron chi connectivity index (χ0n) is 13.3. The molecule has 118 valence electrons. The van der Waals surface area contributed by atoms with Gasteiger partial charge < -0.3 is 11.1 Å². The average Bonchev–Trinajstić information content (AvgIpc) is 2.41. The van der Waals surface area contributed by atoms with Crippen molar-refractivity contribution >= 4 is 18.3 Å². The molecule has 0 aromatic heterocycles. The number of rotatable bonds is 3. The second-order valence-electron chi connectivity index (χ2n) is 6.72. The first-order valence-corrected chi connectivity index (χ1v) is 7.48. The van der Waals surface area contributed by atoms with Crippen molar-refractivity contribution in [1.82, 2.24) is 5.32 Å². The molecule has 1 aromatic carbocycles. The summed E-state index contributed by atoms with van der Waals surface area (Å²) < 4.78 is 0. The van der Waals surface area contributed by atoms with Gasteiger partial charge in [0.1, 0.15) is 0 Å². The first-order valence-electron chi connectivity index (χ1n) is 7.48. The molecule has 0 heterocycles. The van der Waals surface area contributed by atoms with Gasteiger partial charge in [0.15, 0.2) is 0 Å². The molecular weight excluding hydrogens is 284 g/mol. The minimum atomic E-state index is -0.155. The Morgan fingerprint density at radius 2 is 1.95 bits per heavy atom. The Balaban J connectivity index is 0.00000220. The molecule has 1 amide bonds. The molecule has 3 N–H and O–H groups in total.